The first-order chi connectivity index (χ1) is 13.5. The number of nitrogens with zero attached hydrogens (tertiary/aromatic N) is 1. The third-order valence-corrected chi connectivity index (χ3v) is 4.30. The van der Waals surface area contributed by atoms with Gasteiger partial charge in [0.1, 0.15) is 6.61 Å². The van der Waals surface area contributed by atoms with E-state index in [1.54, 1.807) is 29.2 Å². The van der Waals surface area contributed by atoms with E-state index < -0.39 is 12.6 Å². The molecule has 1 amide bonds. The fourth-order valence-electron chi connectivity index (χ4n) is 2.93. The summed E-state index contributed by atoms with van der Waals surface area (Å²) in [6, 6.07) is 10.9. The Hall–Kier alpha value is -3.16. The van der Waals surface area contributed by atoms with Gasteiger partial charge in [-0.05, 0) is 48.4 Å². The Morgan fingerprint density at radius 1 is 1.14 bits per heavy atom. The summed E-state index contributed by atoms with van der Waals surface area (Å²) in [5, 5.41) is 0. The second-order valence-electron chi connectivity index (χ2n) is 6.14. The molecule has 3 rings (SSSR count). The van der Waals surface area contributed by atoms with Gasteiger partial charge >= 0.3 is 12.6 Å². The summed E-state index contributed by atoms with van der Waals surface area (Å²) < 4.78 is 39.3. The van der Waals surface area contributed by atoms with Crippen molar-refractivity contribution in [2.45, 2.75) is 26.1 Å². The molecule has 0 unspecified atom stereocenters. The Kier molecular flexibility index (Phi) is 6.08. The van der Waals surface area contributed by atoms with Crippen LogP contribution in [-0.2, 0) is 16.1 Å². The highest BCUT2D eigenvalue weighted by Gasteiger charge is 2.21. The maximum Gasteiger partial charge on any atom is 0.387 e. The minimum atomic E-state index is -2.96. The molecule has 0 saturated carbocycles. The lowest BCUT2D eigenvalue weighted by atomic mass is 10.2. The lowest BCUT2D eigenvalue weighted by molar-refractivity contribution is -0.117. The lowest BCUT2D eigenvalue weighted by Crippen LogP contribution is -2.23. The first-order valence-electron chi connectivity index (χ1n) is 8.67. The maximum absolute atomic E-state index is 12.4. The van der Waals surface area contributed by atoms with E-state index in [0.29, 0.717) is 24.1 Å². The molecule has 1 saturated heterocycles. The molecule has 0 aliphatic carbocycles. The number of hydrogen-bond donors (Lipinski definition) is 0. The third-order valence-electron chi connectivity index (χ3n) is 4.30. The number of alkyl halides is 2. The fourth-order valence-corrected chi connectivity index (χ4v) is 2.93. The molecule has 0 bridgehead atoms. The Labute approximate surface area is 160 Å². The first-order valence-corrected chi connectivity index (χ1v) is 8.67. The number of anilines is 1. The summed E-state index contributed by atoms with van der Waals surface area (Å²) in [7, 11) is 1.33. The second-order valence-corrected chi connectivity index (χ2v) is 6.14. The van der Waals surface area contributed by atoms with E-state index >= 15 is 0 Å². The highest BCUT2D eigenvalue weighted by atomic mass is 19.3. The van der Waals surface area contributed by atoms with E-state index in [4.69, 9.17) is 9.47 Å². The van der Waals surface area contributed by atoms with E-state index in [1.807, 2.05) is 0 Å². The van der Waals surface area contributed by atoms with Crippen LogP contribution in [0.25, 0.3) is 0 Å². The topological polar surface area (TPSA) is 65.1 Å². The number of carbonyl (C=O) groups excluding carboxylic acids is 2. The molecular weight excluding hydrogens is 372 g/mol. The largest absolute Gasteiger partial charge is 0.493 e. The molecule has 148 valence electrons. The summed E-state index contributed by atoms with van der Waals surface area (Å²) >= 11 is 0. The fraction of sp³-hybridized carbons (Fsp3) is 0.300. The minimum absolute atomic E-state index is 0.0590. The SMILES string of the molecule is COc1cc(COC(=O)c2ccc(N3CCCC3=O)cc2)ccc1OC(F)F. The number of amides is 1. The summed E-state index contributed by atoms with van der Waals surface area (Å²) in [6.45, 7) is -2.34. The van der Waals surface area contributed by atoms with Crippen molar-refractivity contribution in [3.8, 4) is 11.5 Å². The van der Waals surface area contributed by atoms with Crippen molar-refractivity contribution >= 4 is 17.6 Å². The second kappa shape index (κ2) is 8.69. The molecule has 1 aliphatic heterocycles. The molecule has 0 radical (unpaired) electrons. The van der Waals surface area contributed by atoms with Gasteiger partial charge in [-0.2, -0.15) is 8.78 Å². The average Bonchev–Trinajstić information content (AvgIpc) is 3.12. The lowest BCUT2D eigenvalue weighted by Gasteiger charge is -2.15. The quantitative estimate of drug-likeness (QED) is 0.672. The van der Waals surface area contributed by atoms with E-state index in [1.165, 1.54) is 25.3 Å². The predicted octanol–water partition coefficient (Wildman–Crippen LogP) is 3.78. The number of benzene rings is 2. The van der Waals surface area contributed by atoms with Crippen molar-refractivity contribution in [3.05, 3.63) is 53.6 Å². The van der Waals surface area contributed by atoms with Crippen molar-refractivity contribution in [1.82, 2.24) is 0 Å². The molecule has 8 heteroatoms. The van der Waals surface area contributed by atoms with Crippen LogP contribution in [0.1, 0.15) is 28.8 Å². The molecule has 1 aliphatic rings. The van der Waals surface area contributed by atoms with Gasteiger partial charge in [0.2, 0.25) is 5.91 Å². The van der Waals surface area contributed by atoms with Crippen LogP contribution in [-0.4, -0.2) is 32.1 Å². The van der Waals surface area contributed by atoms with Crippen LogP contribution in [0.5, 0.6) is 11.5 Å². The van der Waals surface area contributed by atoms with E-state index in [-0.39, 0.29) is 24.0 Å². The Balaban J connectivity index is 1.61. The zero-order valence-electron chi connectivity index (χ0n) is 15.2. The minimum Gasteiger partial charge on any atom is -0.493 e. The molecule has 1 heterocycles. The number of esters is 1. The highest BCUT2D eigenvalue weighted by Crippen LogP contribution is 2.30. The van der Waals surface area contributed by atoms with Crippen LogP contribution < -0.4 is 14.4 Å². The number of rotatable bonds is 7. The van der Waals surface area contributed by atoms with Gasteiger partial charge in [0.05, 0.1) is 12.7 Å². The molecule has 6 nitrogen and oxygen atoms in total. The molecule has 0 spiro atoms. The molecule has 2 aromatic rings. The Morgan fingerprint density at radius 2 is 1.89 bits per heavy atom. The van der Waals surface area contributed by atoms with Gasteiger partial charge in [0, 0.05) is 18.7 Å². The summed E-state index contributed by atoms with van der Waals surface area (Å²) in [5.41, 5.74) is 1.66. The molecule has 1 fully saturated rings. The number of methoxy groups -OCH3 is 1. The van der Waals surface area contributed by atoms with Crippen LogP contribution in [0.15, 0.2) is 42.5 Å². The zero-order valence-corrected chi connectivity index (χ0v) is 15.2. The summed E-state index contributed by atoms with van der Waals surface area (Å²) in [6.07, 6.45) is 1.36. The monoisotopic (exact) mass is 391 g/mol. The van der Waals surface area contributed by atoms with Crippen LogP contribution in [0.3, 0.4) is 0 Å². The van der Waals surface area contributed by atoms with Crippen molar-refractivity contribution in [2.24, 2.45) is 0 Å². The van der Waals surface area contributed by atoms with Crippen LogP contribution in [0.2, 0.25) is 0 Å². The van der Waals surface area contributed by atoms with Crippen LogP contribution in [0, 0.1) is 0 Å². The average molecular weight is 391 g/mol. The van der Waals surface area contributed by atoms with Gasteiger partial charge in [-0.15, -0.1) is 0 Å². The Morgan fingerprint density at radius 3 is 2.50 bits per heavy atom. The molecule has 0 atom stereocenters. The molecular formula is C20H19F2NO5. The van der Waals surface area contributed by atoms with Crippen molar-refractivity contribution in [1.29, 1.82) is 0 Å². The first kappa shape index (κ1) is 19.6. The normalized spacial score (nSPS) is 13.7. The smallest absolute Gasteiger partial charge is 0.387 e. The molecule has 28 heavy (non-hydrogen) atoms. The molecule has 0 aromatic heterocycles. The van der Waals surface area contributed by atoms with Crippen molar-refractivity contribution in [2.75, 3.05) is 18.6 Å². The van der Waals surface area contributed by atoms with Crippen molar-refractivity contribution in [3.63, 3.8) is 0 Å². The summed E-state index contributed by atoms with van der Waals surface area (Å²) in [5.74, 6) is -0.442. The third kappa shape index (κ3) is 4.57. The number of ether oxygens (including phenoxy) is 3. The van der Waals surface area contributed by atoms with Crippen molar-refractivity contribution < 1.29 is 32.6 Å². The van der Waals surface area contributed by atoms with Crippen LogP contribution >= 0.6 is 0 Å². The zero-order chi connectivity index (χ0) is 20.1. The molecule has 0 N–H and O–H groups in total. The summed E-state index contributed by atoms with van der Waals surface area (Å²) in [4.78, 5) is 25.7. The van der Waals surface area contributed by atoms with E-state index in [9.17, 15) is 18.4 Å². The van der Waals surface area contributed by atoms with Gasteiger partial charge in [0.15, 0.2) is 11.5 Å². The Bertz CT molecular complexity index is 854. The van der Waals surface area contributed by atoms with Gasteiger partial charge in [-0.25, -0.2) is 4.79 Å². The maximum atomic E-state index is 12.4. The highest BCUT2D eigenvalue weighted by molar-refractivity contribution is 5.96. The van der Waals surface area contributed by atoms with Gasteiger partial charge < -0.3 is 19.1 Å². The number of carbonyl (C=O) groups is 2. The van der Waals surface area contributed by atoms with Crippen LogP contribution in [0.4, 0.5) is 14.5 Å². The van der Waals surface area contributed by atoms with Gasteiger partial charge in [-0.1, -0.05) is 6.07 Å². The molecule has 2 aromatic carbocycles. The predicted molar refractivity (Wildman–Crippen MR) is 96.8 cm³/mol. The van der Waals surface area contributed by atoms with E-state index in [2.05, 4.69) is 4.74 Å². The van der Waals surface area contributed by atoms with E-state index in [0.717, 1.165) is 12.1 Å². The van der Waals surface area contributed by atoms with Gasteiger partial charge in [-0.3, -0.25) is 4.79 Å². The standard InChI is InChI=1S/C20H19F2NO5/c1-26-17-11-13(4-9-16(17)28-20(21)22)12-27-19(25)14-5-7-15(8-6-14)23-10-2-3-18(23)24/h4-9,11,20H,2-3,10,12H2,1H3. The number of halogens is 2. The number of hydrogen-bond acceptors (Lipinski definition) is 5. The van der Waals surface area contributed by atoms with Gasteiger partial charge in [0.25, 0.3) is 0 Å².